The molecule has 1 aromatic heterocycles. The normalized spacial score (nSPS) is 29.3. The van der Waals surface area contributed by atoms with Crippen molar-refractivity contribution in [3.8, 4) is 6.07 Å². The van der Waals surface area contributed by atoms with Crippen LogP contribution < -0.4 is 0 Å². The van der Waals surface area contributed by atoms with Crippen molar-refractivity contribution in [2.24, 2.45) is 5.92 Å². The topological polar surface area (TPSA) is 36.7 Å². The van der Waals surface area contributed by atoms with Gasteiger partial charge in [0.05, 0.1) is 16.5 Å². The van der Waals surface area contributed by atoms with Crippen LogP contribution in [-0.2, 0) is 5.41 Å². The van der Waals surface area contributed by atoms with Crippen molar-refractivity contribution in [1.29, 1.82) is 5.26 Å². The van der Waals surface area contributed by atoms with Gasteiger partial charge in [-0.2, -0.15) is 5.26 Å². The molecule has 0 aromatic carbocycles. The second-order valence-corrected chi connectivity index (χ2v) is 5.36. The number of nitrogens with zero attached hydrogens (tertiary/aromatic N) is 2. The molecule has 0 N–H and O–H groups in total. The third-order valence-electron chi connectivity index (χ3n) is 2.96. The average molecular weight is 286 g/mol. The number of hydrogen-bond donors (Lipinski definition) is 0. The van der Waals surface area contributed by atoms with Crippen LogP contribution in [0.4, 0.5) is 0 Å². The summed E-state index contributed by atoms with van der Waals surface area (Å²) in [6.07, 6.45) is 3.55. The van der Waals surface area contributed by atoms with E-state index in [1.54, 1.807) is 6.20 Å². The molecule has 1 aliphatic rings. The molecule has 0 saturated heterocycles. The summed E-state index contributed by atoms with van der Waals surface area (Å²) in [4.78, 5) is 4.13. The van der Waals surface area contributed by atoms with E-state index >= 15 is 0 Å². The average Bonchev–Trinajstić information content (AvgIpc) is 2.17. The minimum atomic E-state index is -0.350. The van der Waals surface area contributed by atoms with E-state index < -0.39 is 0 Å². The van der Waals surface area contributed by atoms with Gasteiger partial charge in [0.25, 0.3) is 0 Å². The third-order valence-corrected chi connectivity index (χ3v) is 4.11. The summed E-state index contributed by atoms with van der Waals surface area (Å²) >= 11 is 9.22. The molecular weight excluding hydrogens is 275 g/mol. The lowest BCUT2D eigenvalue weighted by atomic mass is 9.60. The van der Waals surface area contributed by atoms with Gasteiger partial charge in [-0.15, -0.1) is 0 Å². The summed E-state index contributed by atoms with van der Waals surface area (Å²) in [5, 5.41) is 9.81. The molecule has 1 aliphatic carbocycles. The Morgan fingerprint density at radius 1 is 1.67 bits per heavy atom. The van der Waals surface area contributed by atoms with E-state index in [-0.39, 0.29) is 5.41 Å². The molecular formula is C11H10BrClN2. The predicted molar refractivity (Wildman–Crippen MR) is 62.6 cm³/mol. The summed E-state index contributed by atoms with van der Waals surface area (Å²) in [6, 6.07) is 4.24. The number of hydrogen-bond acceptors (Lipinski definition) is 2. The molecule has 0 radical (unpaired) electrons. The van der Waals surface area contributed by atoms with Gasteiger partial charge in [-0.3, -0.25) is 0 Å². The molecule has 1 aromatic rings. The summed E-state index contributed by atoms with van der Waals surface area (Å²) in [6.45, 7) is 2.16. The highest BCUT2D eigenvalue weighted by molar-refractivity contribution is 9.10. The Bertz CT molecular complexity index is 433. The molecule has 0 spiro atoms. The molecule has 2 nitrogen and oxygen atoms in total. The van der Waals surface area contributed by atoms with Gasteiger partial charge in [-0.25, -0.2) is 4.98 Å². The lowest BCUT2D eigenvalue weighted by Crippen LogP contribution is -2.38. The lowest BCUT2D eigenvalue weighted by molar-refractivity contribution is 0.216. The Hall–Kier alpha value is -0.590. The molecule has 1 saturated carbocycles. The molecule has 1 fully saturated rings. The first-order valence-electron chi connectivity index (χ1n) is 4.80. The Morgan fingerprint density at radius 2 is 2.33 bits per heavy atom. The number of rotatable bonds is 1. The molecule has 2 rings (SSSR count). The smallest absolute Gasteiger partial charge is 0.124 e. The Labute approximate surface area is 102 Å². The summed E-state index contributed by atoms with van der Waals surface area (Å²) in [5.74, 6) is 0.618. The van der Waals surface area contributed by atoms with Crippen molar-refractivity contribution in [3.05, 3.63) is 27.5 Å². The lowest BCUT2D eigenvalue weighted by Gasteiger charge is -2.41. The van der Waals surface area contributed by atoms with E-state index in [4.69, 9.17) is 11.6 Å². The highest BCUT2D eigenvalue weighted by Gasteiger charge is 2.44. The van der Waals surface area contributed by atoms with Gasteiger partial charge in [-0.1, -0.05) is 18.5 Å². The zero-order valence-electron chi connectivity index (χ0n) is 8.30. The van der Waals surface area contributed by atoms with Crippen LogP contribution in [0, 0.1) is 17.2 Å². The first-order chi connectivity index (χ1) is 7.07. The van der Waals surface area contributed by atoms with Crippen LogP contribution in [0.25, 0.3) is 0 Å². The Balaban J connectivity index is 2.38. The maximum Gasteiger partial charge on any atom is 0.124 e. The largest absolute Gasteiger partial charge is 0.247 e. The van der Waals surface area contributed by atoms with Gasteiger partial charge >= 0.3 is 0 Å². The van der Waals surface area contributed by atoms with Gasteiger partial charge in [0.2, 0.25) is 0 Å². The van der Waals surface area contributed by atoms with Crippen LogP contribution in [0.1, 0.15) is 25.3 Å². The van der Waals surface area contributed by atoms with E-state index in [0.29, 0.717) is 15.5 Å². The molecule has 0 atom stereocenters. The quantitative estimate of drug-likeness (QED) is 0.738. The number of pyridine rings is 1. The molecule has 0 amide bonds. The molecule has 4 heteroatoms. The van der Waals surface area contributed by atoms with E-state index in [1.165, 1.54) is 0 Å². The van der Waals surface area contributed by atoms with Gasteiger partial charge in [0.15, 0.2) is 0 Å². The van der Waals surface area contributed by atoms with Crippen LogP contribution in [0.15, 0.2) is 16.9 Å². The van der Waals surface area contributed by atoms with E-state index in [9.17, 15) is 5.26 Å². The van der Waals surface area contributed by atoms with Crippen molar-refractivity contribution < 1.29 is 0 Å². The van der Waals surface area contributed by atoms with Crippen LogP contribution in [0.2, 0.25) is 5.02 Å². The highest BCUT2D eigenvalue weighted by Crippen LogP contribution is 2.47. The standard InChI is InChI=1S/C11H10BrClN2/c1-7-3-11(4-7,6-14)8-2-9(13)10(12)15-5-8/h2,5,7H,3-4H2,1H3. The van der Waals surface area contributed by atoms with Crippen LogP contribution >= 0.6 is 27.5 Å². The number of halogens is 2. The molecule has 78 valence electrons. The third kappa shape index (κ3) is 1.77. The summed E-state index contributed by atoms with van der Waals surface area (Å²) < 4.78 is 0.633. The Kier molecular flexibility index (Phi) is 2.74. The molecule has 0 unspecified atom stereocenters. The van der Waals surface area contributed by atoms with Crippen molar-refractivity contribution in [2.45, 2.75) is 25.2 Å². The van der Waals surface area contributed by atoms with Crippen molar-refractivity contribution in [2.75, 3.05) is 0 Å². The SMILES string of the molecule is CC1CC(C#N)(c2cnc(Br)c(Cl)c2)C1. The van der Waals surface area contributed by atoms with E-state index in [1.807, 2.05) is 6.07 Å². The maximum atomic E-state index is 9.24. The summed E-state index contributed by atoms with van der Waals surface area (Å²) in [5.41, 5.74) is 0.591. The predicted octanol–water partition coefficient (Wildman–Crippen LogP) is 3.69. The second-order valence-electron chi connectivity index (χ2n) is 4.20. The van der Waals surface area contributed by atoms with E-state index in [0.717, 1.165) is 18.4 Å². The van der Waals surface area contributed by atoms with Gasteiger partial charge < -0.3 is 0 Å². The zero-order valence-corrected chi connectivity index (χ0v) is 10.6. The van der Waals surface area contributed by atoms with Crippen molar-refractivity contribution in [1.82, 2.24) is 4.98 Å². The van der Waals surface area contributed by atoms with Crippen LogP contribution in [-0.4, -0.2) is 4.98 Å². The Morgan fingerprint density at radius 3 is 2.80 bits per heavy atom. The fourth-order valence-corrected chi connectivity index (χ4v) is 2.59. The summed E-state index contributed by atoms with van der Waals surface area (Å²) in [7, 11) is 0. The fraction of sp³-hybridized carbons (Fsp3) is 0.455. The molecule has 15 heavy (non-hydrogen) atoms. The van der Waals surface area contributed by atoms with Crippen molar-refractivity contribution >= 4 is 27.5 Å². The maximum absolute atomic E-state index is 9.24. The van der Waals surface area contributed by atoms with Gasteiger partial charge in [0.1, 0.15) is 4.60 Å². The molecule has 0 aliphatic heterocycles. The highest BCUT2D eigenvalue weighted by atomic mass is 79.9. The first kappa shape index (κ1) is 10.9. The van der Waals surface area contributed by atoms with Crippen LogP contribution in [0.3, 0.4) is 0 Å². The fourth-order valence-electron chi connectivity index (χ4n) is 2.20. The number of nitriles is 1. The van der Waals surface area contributed by atoms with E-state index in [2.05, 4.69) is 33.9 Å². The minimum absolute atomic E-state index is 0.350. The monoisotopic (exact) mass is 284 g/mol. The van der Waals surface area contributed by atoms with Crippen molar-refractivity contribution in [3.63, 3.8) is 0 Å². The van der Waals surface area contributed by atoms with Gasteiger partial charge in [-0.05, 0) is 46.3 Å². The number of aromatic nitrogens is 1. The molecule has 0 bridgehead atoms. The zero-order chi connectivity index (χ0) is 11.1. The van der Waals surface area contributed by atoms with Gasteiger partial charge in [0, 0.05) is 6.20 Å². The first-order valence-corrected chi connectivity index (χ1v) is 5.97. The van der Waals surface area contributed by atoms with Crippen LogP contribution in [0.5, 0.6) is 0 Å². The molecule has 1 heterocycles. The second kappa shape index (κ2) is 3.77. The minimum Gasteiger partial charge on any atom is -0.247 e.